The lowest BCUT2D eigenvalue weighted by Gasteiger charge is -2.31. The van der Waals surface area contributed by atoms with E-state index in [-0.39, 0.29) is 0 Å². The van der Waals surface area contributed by atoms with Crippen molar-refractivity contribution in [3.8, 4) is 0 Å². The Kier molecular flexibility index (Phi) is 5.73. The van der Waals surface area contributed by atoms with E-state index in [1.807, 2.05) is 13.2 Å². The Morgan fingerprint density at radius 1 is 1.45 bits per heavy atom. The van der Waals surface area contributed by atoms with Crippen LogP contribution in [0, 0.1) is 0 Å². The maximum absolute atomic E-state index is 10.9. The van der Waals surface area contributed by atoms with Crippen molar-refractivity contribution in [1.29, 1.82) is 0 Å². The van der Waals surface area contributed by atoms with Crippen molar-refractivity contribution in [2.24, 2.45) is 0 Å². The summed E-state index contributed by atoms with van der Waals surface area (Å²) < 4.78 is 2.12. The SMILES string of the molecule is CNCc1cnn(C2CCN(CCCC(C)=O)CC2)c1. The lowest BCUT2D eigenvalue weighted by atomic mass is 10.0. The zero-order valence-corrected chi connectivity index (χ0v) is 12.6. The lowest BCUT2D eigenvalue weighted by molar-refractivity contribution is -0.117. The summed E-state index contributed by atoms with van der Waals surface area (Å²) >= 11 is 0. The minimum atomic E-state index is 0.300. The number of Topliss-reactive ketones (excluding diaryl/α,β-unsaturated/α-hetero) is 1. The van der Waals surface area contributed by atoms with Crippen molar-refractivity contribution in [2.45, 2.75) is 45.2 Å². The Morgan fingerprint density at radius 2 is 2.20 bits per heavy atom. The van der Waals surface area contributed by atoms with Crippen molar-refractivity contribution >= 4 is 5.78 Å². The van der Waals surface area contributed by atoms with Gasteiger partial charge >= 0.3 is 0 Å². The number of carbonyl (C=O) groups excluding carboxylic acids is 1. The summed E-state index contributed by atoms with van der Waals surface area (Å²) in [6, 6.07) is 0.532. The number of likely N-dealkylation sites (tertiary alicyclic amines) is 1. The first-order valence-corrected chi connectivity index (χ1v) is 7.58. The molecule has 2 heterocycles. The van der Waals surface area contributed by atoms with Crippen LogP contribution in [-0.2, 0) is 11.3 Å². The van der Waals surface area contributed by atoms with Crippen LogP contribution >= 0.6 is 0 Å². The standard InChI is InChI=1S/C15H26N4O/c1-13(20)4-3-7-18-8-5-15(6-9-18)19-12-14(10-16-2)11-17-19/h11-12,15-16H,3-10H2,1-2H3. The molecule has 0 aromatic carbocycles. The number of aromatic nitrogens is 2. The first-order chi connectivity index (χ1) is 9.69. The molecule has 0 amide bonds. The molecule has 1 N–H and O–H groups in total. The fraction of sp³-hybridized carbons (Fsp3) is 0.733. The maximum atomic E-state index is 10.9. The van der Waals surface area contributed by atoms with Crippen LogP contribution in [0.1, 0.15) is 44.2 Å². The highest BCUT2D eigenvalue weighted by Gasteiger charge is 2.20. The molecule has 1 fully saturated rings. The maximum Gasteiger partial charge on any atom is 0.129 e. The van der Waals surface area contributed by atoms with Gasteiger partial charge in [-0.15, -0.1) is 0 Å². The number of hydrogen-bond acceptors (Lipinski definition) is 4. The largest absolute Gasteiger partial charge is 0.316 e. The van der Waals surface area contributed by atoms with E-state index in [1.165, 1.54) is 5.56 Å². The van der Waals surface area contributed by atoms with E-state index < -0.39 is 0 Å². The van der Waals surface area contributed by atoms with Gasteiger partial charge in [0.25, 0.3) is 0 Å². The van der Waals surface area contributed by atoms with Gasteiger partial charge in [0, 0.05) is 37.8 Å². The Bertz CT molecular complexity index is 421. The van der Waals surface area contributed by atoms with Gasteiger partial charge in [-0.1, -0.05) is 0 Å². The van der Waals surface area contributed by atoms with Crippen LogP contribution < -0.4 is 5.32 Å². The fourth-order valence-electron chi connectivity index (χ4n) is 2.83. The van der Waals surface area contributed by atoms with Crippen LogP contribution in [0.2, 0.25) is 0 Å². The quantitative estimate of drug-likeness (QED) is 0.823. The van der Waals surface area contributed by atoms with Crippen LogP contribution in [0.4, 0.5) is 0 Å². The van der Waals surface area contributed by atoms with Crippen molar-refractivity contribution < 1.29 is 4.79 Å². The molecule has 0 unspecified atom stereocenters. The summed E-state index contributed by atoms with van der Waals surface area (Å²) in [5.74, 6) is 0.300. The number of hydrogen-bond donors (Lipinski definition) is 1. The molecule has 5 nitrogen and oxygen atoms in total. The van der Waals surface area contributed by atoms with Crippen LogP contribution in [0.3, 0.4) is 0 Å². The van der Waals surface area contributed by atoms with Crippen molar-refractivity contribution in [3.05, 3.63) is 18.0 Å². The molecule has 1 saturated heterocycles. The molecule has 0 atom stereocenters. The van der Waals surface area contributed by atoms with Gasteiger partial charge in [0.2, 0.25) is 0 Å². The summed E-state index contributed by atoms with van der Waals surface area (Å²) in [5, 5.41) is 7.63. The smallest absolute Gasteiger partial charge is 0.129 e. The van der Waals surface area contributed by atoms with E-state index >= 15 is 0 Å². The van der Waals surface area contributed by atoms with Crippen molar-refractivity contribution in [3.63, 3.8) is 0 Å². The summed E-state index contributed by atoms with van der Waals surface area (Å²) in [6.45, 7) is 5.83. The van der Waals surface area contributed by atoms with Gasteiger partial charge in [-0.25, -0.2) is 0 Å². The second-order valence-electron chi connectivity index (χ2n) is 5.74. The second kappa shape index (κ2) is 7.55. The number of carbonyl (C=O) groups is 1. The molecular weight excluding hydrogens is 252 g/mol. The molecule has 1 aromatic rings. The zero-order chi connectivity index (χ0) is 14.4. The molecule has 0 bridgehead atoms. The van der Waals surface area contributed by atoms with Crippen LogP contribution in [0.5, 0.6) is 0 Å². The fourth-order valence-corrected chi connectivity index (χ4v) is 2.83. The monoisotopic (exact) mass is 278 g/mol. The van der Waals surface area contributed by atoms with E-state index in [0.717, 1.165) is 45.4 Å². The van der Waals surface area contributed by atoms with Gasteiger partial charge in [-0.3, -0.25) is 4.68 Å². The minimum Gasteiger partial charge on any atom is -0.316 e. The highest BCUT2D eigenvalue weighted by Crippen LogP contribution is 2.22. The molecule has 0 radical (unpaired) electrons. The van der Waals surface area contributed by atoms with Gasteiger partial charge in [0.05, 0.1) is 12.2 Å². The molecule has 1 aliphatic rings. The van der Waals surface area contributed by atoms with Gasteiger partial charge in [-0.2, -0.15) is 5.10 Å². The Morgan fingerprint density at radius 3 is 2.85 bits per heavy atom. The molecule has 112 valence electrons. The summed E-state index contributed by atoms with van der Waals surface area (Å²) in [6.07, 6.45) is 8.13. The third-order valence-electron chi connectivity index (χ3n) is 3.97. The second-order valence-corrected chi connectivity index (χ2v) is 5.74. The van der Waals surface area contributed by atoms with Gasteiger partial charge in [0.1, 0.15) is 5.78 Å². The average molecular weight is 278 g/mol. The van der Waals surface area contributed by atoms with Crippen LogP contribution in [-0.4, -0.2) is 47.1 Å². The zero-order valence-electron chi connectivity index (χ0n) is 12.6. The van der Waals surface area contributed by atoms with Gasteiger partial charge in [-0.05, 0) is 39.8 Å². The summed E-state index contributed by atoms with van der Waals surface area (Å²) in [4.78, 5) is 13.4. The summed E-state index contributed by atoms with van der Waals surface area (Å²) in [7, 11) is 1.96. The van der Waals surface area contributed by atoms with E-state index in [9.17, 15) is 4.79 Å². The predicted octanol–water partition coefficient (Wildman–Crippen LogP) is 1.61. The normalized spacial score (nSPS) is 17.5. The molecule has 1 aliphatic heterocycles. The number of ketones is 1. The topological polar surface area (TPSA) is 50.2 Å². The predicted molar refractivity (Wildman–Crippen MR) is 79.6 cm³/mol. The van der Waals surface area contributed by atoms with E-state index in [2.05, 4.69) is 26.2 Å². The number of rotatable bonds is 7. The van der Waals surface area contributed by atoms with Gasteiger partial charge < -0.3 is 15.0 Å². The molecule has 0 spiro atoms. The molecule has 5 heteroatoms. The third kappa shape index (κ3) is 4.42. The van der Waals surface area contributed by atoms with Crippen molar-refractivity contribution in [2.75, 3.05) is 26.7 Å². The third-order valence-corrected chi connectivity index (χ3v) is 3.97. The summed E-state index contributed by atoms with van der Waals surface area (Å²) in [5.41, 5.74) is 1.25. The number of nitrogens with one attached hydrogen (secondary N) is 1. The number of nitrogens with zero attached hydrogens (tertiary/aromatic N) is 3. The highest BCUT2D eigenvalue weighted by atomic mass is 16.1. The molecule has 20 heavy (non-hydrogen) atoms. The van der Waals surface area contributed by atoms with E-state index in [0.29, 0.717) is 18.2 Å². The van der Waals surface area contributed by atoms with Crippen LogP contribution in [0.25, 0.3) is 0 Å². The average Bonchev–Trinajstić information content (AvgIpc) is 2.88. The first-order valence-electron chi connectivity index (χ1n) is 7.58. The Balaban J connectivity index is 1.74. The van der Waals surface area contributed by atoms with Crippen LogP contribution in [0.15, 0.2) is 12.4 Å². The molecule has 0 aliphatic carbocycles. The molecular formula is C15H26N4O. The first kappa shape index (κ1) is 15.2. The van der Waals surface area contributed by atoms with Crippen molar-refractivity contribution in [1.82, 2.24) is 20.0 Å². The Hall–Kier alpha value is -1.20. The highest BCUT2D eigenvalue weighted by molar-refractivity contribution is 5.75. The van der Waals surface area contributed by atoms with Gasteiger partial charge in [0.15, 0.2) is 0 Å². The number of piperidine rings is 1. The Labute approximate surface area is 121 Å². The molecule has 0 saturated carbocycles. The van der Waals surface area contributed by atoms with E-state index in [4.69, 9.17) is 0 Å². The van der Waals surface area contributed by atoms with E-state index in [1.54, 1.807) is 6.92 Å². The lowest BCUT2D eigenvalue weighted by Crippen LogP contribution is -2.35. The minimum absolute atomic E-state index is 0.300. The molecule has 2 rings (SSSR count). The molecule has 1 aromatic heterocycles.